The van der Waals surface area contributed by atoms with Crippen molar-refractivity contribution in [2.24, 2.45) is 0 Å². The van der Waals surface area contributed by atoms with Crippen LogP contribution in [0.2, 0.25) is 0 Å². The minimum absolute atomic E-state index is 0.0372. The molecule has 0 atom stereocenters. The summed E-state index contributed by atoms with van der Waals surface area (Å²) in [7, 11) is 1.65. The maximum atomic E-state index is 9.11. The van der Waals surface area contributed by atoms with Gasteiger partial charge in [0.2, 0.25) is 0 Å². The Labute approximate surface area is 94.3 Å². The molecule has 0 fully saturated rings. The van der Waals surface area contributed by atoms with Crippen molar-refractivity contribution in [1.82, 2.24) is 0 Å². The standard InChI is InChI=1S/C10H9BrO2S/c1-13-7-5-14-8-3-2-6(4-12)10(11)9(7)8/h2-3,5,12H,4H2,1H3. The number of thiophene rings is 1. The van der Waals surface area contributed by atoms with Crippen LogP contribution in [-0.2, 0) is 6.61 Å². The van der Waals surface area contributed by atoms with Crippen LogP contribution in [0.5, 0.6) is 5.75 Å². The molecule has 0 radical (unpaired) electrons. The van der Waals surface area contributed by atoms with Gasteiger partial charge in [-0.15, -0.1) is 11.3 Å². The number of rotatable bonds is 2. The summed E-state index contributed by atoms with van der Waals surface area (Å²) < 4.78 is 7.33. The summed E-state index contributed by atoms with van der Waals surface area (Å²) in [5, 5.41) is 12.1. The van der Waals surface area contributed by atoms with Crippen molar-refractivity contribution in [2.45, 2.75) is 6.61 Å². The molecule has 0 amide bonds. The first-order valence-electron chi connectivity index (χ1n) is 4.11. The Bertz CT molecular complexity index is 464. The molecule has 1 aromatic heterocycles. The first-order chi connectivity index (χ1) is 6.77. The van der Waals surface area contributed by atoms with Gasteiger partial charge in [0.1, 0.15) is 5.75 Å². The number of hydrogen-bond donors (Lipinski definition) is 1. The molecule has 2 aromatic rings. The minimum Gasteiger partial charge on any atom is -0.495 e. The number of aliphatic hydroxyl groups is 1. The van der Waals surface area contributed by atoms with E-state index < -0.39 is 0 Å². The van der Waals surface area contributed by atoms with E-state index in [4.69, 9.17) is 9.84 Å². The lowest BCUT2D eigenvalue weighted by atomic mass is 10.2. The molecule has 0 bridgehead atoms. The summed E-state index contributed by atoms with van der Waals surface area (Å²) in [6.45, 7) is 0.0372. The third kappa shape index (κ3) is 1.43. The van der Waals surface area contributed by atoms with Crippen molar-refractivity contribution in [3.8, 4) is 5.75 Å². The molecule has 74 valence electrons. The topological polar surface area (TPSA) is 29.5 Å². The van der Waals surface area contributed by atoms with Crippen LogP contribution in [0.15, 0.2) is 22.0 Å². The molecule has 4 heteroatoms. The zero-order valence-electron chi connectivity index (χ0n) is 7.58. The predicted octanol–water partition coefficient (Wildman–Crippen LogP) is 3.16. The fourth-order valence-electron chi connectivity index (χ4n) is 1.38. The monoisotopic (exact) mass is 272 g/mol. The first-order valence-corrected chi connectivity index (χ1v) is 5.78. The number of ether oxygens (including phenoxy) is 1. The Kier molecular flexibility index (Phi) is 2.76. The van der Waals surface area contributed by atoms with Gasteiger partial charge in [-0.1, -0.05) is 6.07 Å². The van der Waals surface area contributed by atoms with Crippen molar-refractivity contribution >= 4 is 37.4 Å². The fraction of sp³-hybridized carbons (Fsp3) is 0.200. The number of aliphatic hydroxyl groups excluding tert-OH is 1. The Morgan fingerprint density at radius 1 is 1.50 bits per heavy atom. The maximum absolute atomic E-state index is 9.11. The molecule has 2 nitrogen and oxygen atoms in total. The van der Waals surface area contributed by atoms with E-state index in [1.165, 1.54) is 0 Å². The van der Waals surface area contributed by atoms with E-state index in [0.29, 0.717) is 0 Å². The van der Waals surface area contributed by atoms with Gasteiger partial charge in [0.05, 0.1) is 13.7 Å². The molecule has 0 saturated heterocycles. The minimum atomic E-state index is 0.0372. The smallest absolute Gasteiger partial charge is 0.138 e. The van der Waals surface area contributed by atoms with Crippen LogP contribution in [0.25, 0.3) is 10.1 Å². The lowest BCUT2D eigenvalue weighted by Gasteiger charge is -2.03. The molecule has 0 saturated carbocycles. The van der Waals surface area contributed by atoms with Crippen LogP contribution in [0.1, 0.15) is 5.56 Å². The molecule has 0 aliphatic carbocycles. The molecule has 0 spiro atoms. The summed E-state index contributed by atoms with van der Waals surface area (Å²) in [5.41, 5.74) is 0.884. The highest BCUT2D eigenvalue weighted by Gasteiger charge is 2.10. The van der Waals surface area contributed by atoms with E-state index in [0.717, 1.165) is 25.9 Å². The van der Waals surface area contributed by atoms with Gasteiger partial charge >= 0.3 is 0 Å². The van der Waals surface area contributed by atoms with Crippen LogP contribution in [-0.4, -0.2) is 12.2 Å². The molecule has 2 rings (SSSR count). The molecule has 1 N–H and O–H groups in total. The van der Waals surface area contributed by atoms with E-state index in [1.807, 2.05) is 17.5 Å². The normalized spacial score (nSPS) is 10.8. The molecule has 14 heavy (non-hydrogen) atoms. The quantitative estimate of drug-likeness (QED) is 0.910. The maximum Gasteiger partial charge on any atom is 0.138 e. The summed E-state index contributed by atoms with van der Waals surface area (Å²) in [4.78, 5) is 0. The predicted molar refractivity (Wildman–Crippen MR) is 62.0 cm³/mol. The van der Waals surface area contributed by atoms with E-state index in [2.05, 4.69) is 15.9 Å². The van der Waals surface area contributed by atoms with Gasteiger partial charge in [0, 0.05) is 19.9 Å². The van der Waals surface area contributed by atoms with Gasteiger partial charge in [-0.2, -0.15) is 0 Å². The SMILES string of the molecule is COc1csc2ccc(CO)c(Br)c12. The Balaban J connectivity index is 2.77. The van der Waals surface area contributed by atoms with Crippen molar-refractivity contribution < 1.29 is 9.84 Å². The van der Waals surface area contributed by atoms with Gasteiger partial charge < -0.3 is 9.84 Å². The summed E-state index contributed by atoms with van der Waals surface area (Å²) in [6, 6.07) is 3.92. The summed E-state index contributed by atoms with van der Waals surface area (Å²) >= 11 is 5.11. The lowest BCUT2D eigenvalue weighted by Crippen LogP contribution is -1.86. The second kappa shape index (κ2) is 3.88. The molecule has 1 aromatic carbocycles. The van der Waals surface area contributed by atoms with Crippen molar-refractivity contribution in [3.05, 3.63) is 27.5 Å². The van der Waals surface area contributed by atoms with Crippen LogP contribution in [0.3, 0.4) is 0 Å². The number of halogens is 1. The Morgan fingerprint density at radius 2 is 2.29 bits per heavy atom. The van der Waals surface area contributed by atoms with E-state index in [1.54, 1.807) is 18.4 Å². The lowest BCUT2D eigenvalue weighted by molar-refractivity contribution is 0.281. The number of fused-ring (bicyclic) bond motifs is 1. The fourth-order valence-corrected chi connectivity index (χ4v) is 3.09. The van der Waals surface area contributed by atoms with E-state index in [-0.39, 0.29) is 6.61 Å². The molecule has 0 aliphatic heterocycles. The van der Waals surface area contributed by atoms with Crippen LogP contribution in [0, 0.1) is 0 Å². The van der Waals surface area contributed by atoms with Crippen molar-refractivity contribution in [3.63, 3.8) is 0 Å². The number of methoxy groups -OCH3 is 1. The zero-order valence-corrected chi connectivity index (χ0v) is 9.98. The number of hydrogen-bond acceptors (Lipinski definition) is 3. The molecular weight excluding hydrogens is 264 g/mol. The van der Waals surface area contributed by atoms with Crippen LogP contribution in [0.4, 0.5) is 0 Å². The van der Waals surface area contributed by atoms with Gasteiger partial charge in [-0.25, -0.2) is 0 Å². The van der Waals surface area contributed by atoms with Gasteiger partial charge in [0.25, 0.3) is 0 Å². The Hall–Kier alpha value is -0.580. The third-order valence-corrected chi connectivity index (χ3v) is 3.95. The van der Waals surface area contributed by atoms with Crippen molar-refractivity contribution in [1.29, 1.82) is 0 Å². The molecule has 0 unspecified atom stereocenters. The highest BCUT2D eigenvalue weighted by molar-refractivity contribution is 9.10. The second-order valence-electron chi connectivity index (χ2n) is 2.87. The largest absolute Gasteiger partial charge is 0.495 e. The summed E-state index contributed by atoms with van der Waals surface area (Å²) in [5.74, 6) is 0.854. The number of benzene rings is 1. The van der Waals surface area contributed by atoms with Crippen LogP contribution >= 0.6 is 27.3 Å². The highest BCUT2D eigenvalue weighted by atomic mass is 79.9. The second-order valence-corrected chi connectivity index (χ2v) is 4.58. The zero-order chi connectivity index (χ0) is 10.1. The average molecular weight is 273 g/mol. The van der Waals surface area contributed by atoms with Gasteiger partial charge in [-0.3, -0.25) is 0 Å². The molecule has 0 aliphatic rings. The van der Waals surface area contributed by atoms with Gasteiger partial charge in [0.15, 0.2) is 0 Å². The third-order valence-electron chi connectivity index (χ3n) is 2.11. The van der Waals surface area contributed by atoms with E-state index in [9.17, 15) is 0 Å². The van der Waals surface area contributed by atoms with Crippen molar-refractivity contribution in [2.75, 3.05) is 7.11 Å². The highest BCUT2D eigenvalue weighted by Crippen LogP contribution is 2.39. The molecule has 1 heterocycles. The Morgan fingerprint density at radius 3 is 2.93 bits per heavy atom. The molecular formula is C10H9BrO2S. The van der Waals surface area contributed by atoms with Crippen LogP contribution < -0.4 is 4.74 Å². The van der Waals surface area contributed by atoms with Gasteiger partial charge in [-0.05, 0) is 27.6 Å². The average Bonchev–Trinajstić information content (AvgIpc) is 2.62. The van der Waals surface area contributed by atoms with E-state index >= 15 is 0 Å². The first kappa shape index (κ1) is 9.96. The summed E-state index contributed by atoms with van der Waals surface area (Å²) in [6.07, 6.45) is 0.